The minimum Gasteiger partial charge on any atom is -0.383 e. The highest BCUT2D eigenvalue weighted by Crippen LogP contribution is 2.30. The van der Waals surface area contributed by atoms with Gasteiger partial charge in [-0.25, -0.2) is 4.98 Å². The van der Waals surface area contributed by atoms with Gasteiger partial charge >= 0.3 is 0 Å². The molecule has 1 heterocycles. The lowest BCUT2D eigenvalue weighted by atomic mass is 10.0. The zero-order valence-electron chi connectivity index (χ0n) is 7.46. The van der Waals surface area contributed by atoms with Crippen molar-refractivity contribution in [1.82, 2.24) is 4.98 Å². The molecular weight excluding hydrogens is 250 g/mol. The van der Waals surface area contributed by atoms with Crippen molar-refractivity contribution in [3.8, 4) is 0 Å². The van der Waals surface area contributed by atoms with Gasteiger partial charge in [-0.3, -0.25) is 0 Å². The summed E-state index contributed by atoms with van der Waals surface area (Å²) in [6.07, 6.45) is 3.26. The Kier molecular flexibility index (Phi) is 3.64. The Morgan fingerprint density at radius 1 is 1.85 bits per heavy atom. The summed E-state index contributed by atoms with van der Waals surface area (Å²) >= 11 is 4.73. The first-order valence-electron chi connectivity index (χ1n) is 4.01. The molecular formula is C9H12BrNOS. The predicted octanol–water partition coefficient (Wildman–Crippen LogP) is 3.08. The molecule has 1 aromatic heterocycles. The van der Waals surface area contributed by atoms with Crippen LogP contribution in [0.15, 0.2) is 22.6 Å². The molecule has 0 radical (unpaired) electrons. The highest BCUT2D eigenvalue weighted by molar-refractivity contribution is 9.10. The lowest BCUT2D eigenvalue weighted by Gasteiger charge is -2.19. The molecule has 0 aliphatic rings. The van der Waals surface area contributed by atoms with Gasteiger partial charge < -0.3 is 5.11 Å². The van der Waals surface area contributed by atoms with E-state index in [9.17, 15) is 5.11 Å². The topological polar surface area (TPSA) is 33.1 Å². The van der Waals surface area contributed by atoms with Crippen LogP contribution in [0.25, 0.3) is 0 Å². The van der Waals surface area contributed by atoms with Gasteiger partial charge in [-0.2, -0.15) is 0 Å². The molecule has 0 bridgehead atoms. The molecule has 0 aliphatic heterocycles. The zero-order valence-corrected chi connectivity index (χ0v) is 9.86. The van der Waals surface area contributed by atoms with Crippen molar-refractivity contribution in [3.05, 3.63) is 27.6 Å². The molecule has 2 nitrogen and oxygen atoms in total. The van der Waals surface area contributed by atoms with Crippen molar-refractivity contribution in [2.24, 2.45) is 0 Å². The molecule has 0 spiro atoms. The van der Waals surface area contributed by atoms with Crippen molar-refractivity contribution < 1.29 is 5.11 Å². The lowest BCUT2D eigenvalue weighted by molar-refractivity contribution is 0.0484. The second-order valence-electron chi connectivity index (χ2n) is 3.08. The molecule has 1 unspecified atom stereocenters. The van der Waals surface area contributed by atoms with Gasteiger partial charge in [0.25, 0.3) is 0 Å². The summed E-state index contributed by atoms with van der Waals surface area (Å²) in [6.45, 7) is 5.40. The maximum absolute atomic E-state index is 10.0. The molecule has 1 N–H and O–H groups in total. The molecule has 72 valence electrons. The molecule has 0 saturated heterocycles. The van der Waals surface area contributed by atoms with E-state index < -0.39 is 5.60 Å². The van der Waals surface area contributed by atoms with Gasteiger partial charge in [-0.15, -0.1) is 17.9 Å². The van der Waals surface area contributed by atoms with E-state index in [4.69, 9.17) is 0 Å². The van der Waals surface area contributed by atoms with Gasteiger partial charge in [0.2, 0.25) is 0 Å². The van der Waals surface area contributed by atoms with Gasteiger partial charge in [0.05, 0.1) is 0 Å². The Morgan fingerprint density at radius 2 is 2.54 bits per heavy atom. The number of thiazole rings is 1. The van der Waals surface area contributed by atoms with E-state index in [1.165, 1.54) is 11.3 Å². The second-order valence-corrected chi connectivity index (χ2v) is 4.75. The number of halogens is 1. The average Bonchev–Trinajstić information content (AvgIpc) is 2.49. The standard InChI is InChI=1S/C9H12BrNOS/c1-3-4-5-9(2,12)8-11-7(10)6-13-8/h3,6,12H,1,4-5H2,2H3. The molecule has 0 aliphatic carbocycles. The predicted molar refractivity (Wildman–Crippen MR) is 58.8 cm³/mol. The monoisotopic (exact) mass is 261 g/mol. The highest BCUT2D eigenvalue weighted by atomic mass is 79.9. The van der Waals surface area contributed by atoms with Crippen molar-refractivity contribution >= 4 is 27.3 Å². The van der Waals surface area contributed by atoms with Crippen LogP contribution in [0.4, 0.5) is 0 Å². The second kappa shape index (κ2) is 4.35. The van der Waals surface area contributed by atoms with Crippen molar-refractivity contribution in [1.29, 1.82) is 0 Å². The van der Waals surface area contributed by atoms with E-state index >= 15 is 0 Å². The van der Waals surface area contributed by atoms with E-state index in [0.717, 1.165) is 16.0 Å². The first-order valence-corrected chi connectivity index (χ1v) is 5.68. The van der Waals surface area contributed by atoms with Crippen LogP contribution in [0.1, 0.15) is 24.8 Å². The number of aromatic nitrogens is 1. The van der Waals surface area contributed by atoms with Gasteiger partial charge in [-0.1, -0.05) is 6.08 Å². The Labute approximate surface area is 90.5 Å². The fraction of sp³-hybridized carbons (Fsp3) is 0.444. The number of nitrogens with zero attached hydrogens (tertiary/aromatic N) is 1. The number of hydrogen-bond acceptors (Lipinski definition) is 3. The number of rotatable bonds is 4. The summed E-state index contributed by atoms with van der Waals surface area (Å²) in [7, 11) is 0. The summed E-state index contributed by atoms with van der Waals surface area (Å²) in [5, 5.41) is 12.6. The minimum atomic E-state index is -0.828. The van der Waals surface area contributed by atoms with Crippen LogP contribution in [-0.4, -0.2) is 10.1 Å². The quantitative estimate of drug-likeness (QED) is 0.846. The summed E-state index contributed by atoms with van der Waals surface area (Å²) in [5.74, 6) is 0. The Hall–Kier alpha value is -0.190. The van der Waals surface area contributed by atoms with E-state index in [1.54, 1.807) is 13.0 Å². The van der Waals surface area contributed by atoms with Gasteiger partial charge in [0, 0.05) is 5.38 Å². The molecule has 1 aromatic rings. The highest BCUT2D eigenvalue weighted by Gasteiger charge is 2.25. The van der Waals surface area contributed by atoms with Crippen molar-refractivity contribution in [2.75, 3.05) is 0 Å². The third kappa shape index (κ3) is 2.90. The fourth-order valence-electron chi connectivity index (χ4n) is 0.992. The number of aliphatic hydroxyl groups is 1. The van der Waals surface area contributed by atoms with Gasteiger partial charge in [0.1, 0.15) is 15.2 Å². The summed E-state index contributed by atoms with van der Waals surface area (Å²) in [5.41, 5.74) is -0.828. The molecule has 0 aromatic carbocycles. The van der Waals surface area contributed by atoms with E-state index in [0.29, 0.717) is 6.42 Å². The molecule has 4 heteroatoms. The minimum absolute atomic E-state index is 0.663. The van der Waals surface area contributed by atoms with Gasteiger partial charge in [-0.05, 0) is 35.7 Å². The van der Waals surface area contributed by atoms with Crippen LogP contribution in [0.3, 0.4) is 0 Å². The molecule has 1 rings (SSSR count). The lowest BCUT2D eigenvalue weighted by Crippen LogP contribution is -2.20. The van der Waals surface area contributed by atoms with Crippen LogP contribution >= 0.6 is 27.3 Å². The van der Waals surface area contributed by atoms with Crippen LogP contribution in [-0.2, 0) is 5.60 Å². The Bertz CT molecular complexity index is 296. The van der Waals surface area contributed by atoms with Gasteiger partial charge in [0.15, 0.2) is 0 Å². The molecule has 1 atom stereocenters. The molecule has 13 heavy (non-hydrogen) atoms. The van der Waals surface area contributed by atoms with Crippen LogP contribution < -0.4 is 0 Å². The van der Waals surface area contributed by atoms with E-state index in [-0.39, 0.29) is 0 Å². The largest absolute Gasteiger partial charge is 0.383 e. The SMILES string of the molecule is C=CCCC(C)(O)c1nc(Br)cs1. The van der Waals surface area contributed by atoms with Crippen LogP contribution in [0.5, 0.6) is 0 Å². The average molecular weight is 262 g/mol. The van der Waals surface area contributed by atoms with Crippen molar-refractivity contribution in [2.45, 2.75) is 25.4 Å². The summed E-state index contributed by atoms with van der Waals surface area (Å²) in [6, 6.07) is 0. The third-order valence-electron chi connectivity index (χ3n) is 1.77. The summed E-state index contributed by atoms with van der Waals surface area (Å²) < 4.78 is 0.784. The van der Waals surface area contributed by atoms with Crippen LogP contribution in [0, 0.1) is 0 Å². The van der Waals surface area contributed by atoms with Crippen LogP contribution in [0.2, 0.25) is 0 Å². The summed E-state index contributed by atoms with van der Waals surface area (Å²) in [4.78, 5) is 4.19. The van der Waals surface area contributed by atoms with E-state index in [1.807, 2.05) is 5.38 Å². The fourth-order valence-corrected chi connectivity index (χ4v) is 2.34. The zero-order chi connectivity index (χ0) is 9.90. The maximum atomic E-state index is 10.0. The normalized spacial score (nSPS) is 15.3. The van der Waals surface area contributed by atoms with E-state index in [2.05, 4.69) is 27.5 Å². The number of allylic oxidation sites excluding steroid dienone is 1. The maximum Gasteiger partial charge on any atom is 0.125 e. The molecule has 0 fully saturated rings. The first-order chi connectivity index (χ1) is 6.06. The van der Waals surface area contributed by atoms with Crippen molar-refractivity contribution in [3.63, 3.8) is 0 Å². The number of hydrogen-bond donors (Lipinski definition) is 1. The molecule has 0 amide bonds. The molecule has 0 saturated carbocycles. The third-order valence-corrected chi connectivity index (χ3v) is 3.58. The smallest absolute Gasteiger partial charge is 0.125 e. The Balaban J connectivity index is 2.74. The Morgan fingerprint density at radius 3 is 3.00 bits per heavy atom. The first kappa shape index (κ1) is 10.9.